The molecule has 2 aromatic carbocycles. The van der Waals surface area contributed by atoms with Gasteiger partial charge in [-0.05, 0) is 30.2 Å². The number of anilines is 1. The van der Waals surface area contributed by atoms with E-state index in [1.807, 2.05) is 30.3 Å². The number of carbonyl (C=O) groups is 1. The highest BCUT2D eigenvalue weighted by Gasteiger charge is 2.25. The van der Waals surface area contributed by atoms with E-state index in [9.17, 15) is 17.6 Å². The molecule has 0 atom stereocenters. The summed E-state index contributed by atoms with van der Waals surface area (Å²) in [6.07, 6.45) is 2.86. The van der Waals surface area contributed by atoms with Crippen LogP contribution in [0.25, 0.3) is 5.52 Å². The number of sulfonamides is 1. The number of carbonyl (C=O) groups excluding carboxylic acids is 1. The standard InChI is InChI=1S/C25H25FN4O4S/c1-3-30(35(2,32)33)22-15-29-21(14-23(22)34-16-18-7-5-4-6-8-18)24(25(27)31)20(28-29)13-17-9-11-19(26)12-10-17/h4-12,14-15H,3,13,16H2,1-2H3,(H2,27,31). The quantitative estimate of drug-likeness (QED) is 0.382. The van der Waals surface area contributed by atoms with Crippen LogP contribution in [0.2, 0.25) is 0 Å². The van der Waals surface area contributed by atoms with Crippen LogP contribution in [-0.2, 0) is 23.1 Å². The van der Waals surface area contributed by atoms with Gasteiger partial charge in [0.25, 0.3) is 5.91 Å². The van der Waals surface area contributed by atoms with Gasteiger partial charge < -0.3 is 10.5 Å². The van der Waals surface area contributed by atoms with Crippen molar-refractivity contribution in [2.45, 2.75) is 20.0 Å². The van der Waals surface area contributed by atoms with Crippen LogP contribution >= 0.6 is 0 Å². The van der Waals surface area contributed by atoms with Gasteiger partial charge in [0, 0.05) is 19.0 Å². The van der Waals surface area contributed by atoms with Crippen molar-refractivity contribution in [1.82, 2.24) is 9.61 Å². The number of amides is 1. The Hall–Kier alpha value is -3.92. The van der Waals surface area contributed by atoms with E-state index in [0.717, 1.165) is 17.4 Å². The lowest BCUT2D eigenvalue weighted by molar-refractivity contribution is 0.100. The summed E-state index contributed by atoms with van der Waals surface area (Å²) in [5, 5.41) is 4.52. The maximum Gasteiger partial charge on any atom is 0.252 e. The molecule has 0 bridgehead atoms. The number of hydrogen-bond acceptors (Lipinski definition) is 5. The monoisotopic (exact) mass is 496 g/mol. The molecule has 0 saturated carbocycles. The number of nitrogens with zero attached hydrogens (tertiary/aromatic N) is 3. The van der Waals surface area contributed by atoms with Crippen molar-refractivity contribution in [3.63, 3.8) is 0 Å². The molecule has 2 N–H and O–H groups in total. The third-order valence-corrected chi connectivity index (χ3v) is 6.77. The maximum atomic E-state index is 13.3. The van der Waals surface area contributed by atoms with E-state index >= 15 is 0 Å². The minimum absolute atomic E-state index is 0.165. The third-order valence-electron chi connectivity index (χ3n) is 5.51. The van der Waals surface area contributed by atoms with Crippen molar-refractivity contribution in [2.24, 2.45) is 5.73 Å². The van der Waals surface area contributed by atoms with E-state index in [1.54, 1.807) is 25.1 Å². The van der Waals surface area contributed by atoms with Crippen molar-refractivity contribution in [1.29, 1.82) is 0 Å². The first-order valence-electron chi connectivity index (χ1n) is 10.9. The molecule has 10 heteroatoms. The molecule has 0 aliphatic heterocycles. The van der Waals surface area contributed by atoms with E-state index in [2.05, 4.69) is 5.10 Å². The summed E-state index contributed by atoms with van der Waals surface area (Å²) in [7, 11) is -3.63. The zero-order valence-corrected chi connectivity index (χ0v) is 20.1. The second-order valence-corrected chi connectivity index (χ2v) is 9.95. The normalized spacial score (nSPS) is 11.5. The average Bonchev–Trinajstić information content (AvgIpc) is 3.16. The highest BCUT2D eigenvalue weighted by Crippen LogP contribution is 2.34. The smallest absolute Gasteiger partial charge is 0.252 e. The van der Waals surface area contributed by atoms with Crippen molar-refractivity contribution < 1.29 is 22.3 Å². The molecule has 182 valence electrons. The topological polar surface area (TPSA) is 107 Å². The minimum Gasteiger partial charge on any atom is -0.487 e. The van der Waals surface area contributed by atoms with Crippen molar-refractivity contribution in [3.05, 3.63) is 95.1 Å². The first kappa shape index (κ1) is 24.2. The largest absolute Gasteiger partial charge is 0.487 e. The molecule has 0 saturated heterocycles. The fraction of sp³-hybridized carbons (Fsp3) is 0.200. The fourth-order valence-corrected chi connectivity index (χ4v) is 4.88. The molecule has 0 radical (unpaired) electrons. The number of ether oxygens (including phenoxy) is 1. The Morgan fingerprint density at radius 3 is 2.40 bits per heavy atom. The van der Waals surface area contributed by atoms with E-state index in [0.29, 0.717) is 11.2 Å². The molecule has 35 heavy (non-hydrogen) atoms. The predicted octanol–water partition coefficient (Wildman–Crippen LogP) is 3.53. The van der Waals surface area contributed by atoms with Gasteiger partial charge in [0.2, 0.25) is 10.0 Å². The van der Waals surface area contributed by atoms with Gasteiger partial charge in [0.1, 0.15) is 23.9 Å². The van der Waals surface area contributed by atoms with Crippen LogP contribution < -0.4 is 14.8 Å². The molecule has 8 nitrogen and oxygen atoms in total. The van der Waals surface area contributed by atoms with Gasteiger partial charge in [-0.1, -0.05) is 42.5 Å². The van der Waals surface area contributed by atoms with Crippen molar-refractivity contribution >= 4 is 27.1 Å². The van der Waals surface area contributed by atoms with Gasteiger partial charge in [-0.3, -0.25) is 9.10 Å². The number of aromatic nitrogens is 2. The molecular formula is C25H25FN4O4S. The maximum absolute atomic E-state index is 13.3. The lowest BCUT2D eigenvalue weighted by Crippen LogP contribution is -2.30. The molecule has 0 aliphatic rings. The number of fused-ring (bicyclic) bond motifs is 1. The van der Waals surface area contributed by atoms with Crippen LogP contribution in [0, 0.1) is 5.82 Å². The first-order valence-corrected chi connectivity index (χ1v) is 12.8. The zero-order chi connectivity index (χ0) is 25.2. The molecule has 0 unspecified atom stereocenters. The lowest BCUT2D eigenvalue weighted by Gasteiger charge is -2.23. The Balaban J connectivity index is 1.85. The Bertz CT molecular complexity index is 1470. The fourth-order valence-electron chi connectivity index (χ4n) is 3.92. The molecule has 4 aromatic rings. The van der Waals surface area contributed by atoms with E-state index in [1.165, 1.54) is 27.2 Å². The molecule has 4 rings (SSSR count). The average molecular weight is 497 g/mol. The molecule has 0 spiro atoms. The number of halogens is 1. The number of hydrogen-bond donors (Lipinski definition) is 1. The second kappa shape index (κ2) is 9.75. The van der Waals surface area contributed by atoms with Gasteiger partial charge in [0.15, 0.2) is 0 Å². The Morgan fingerprint density at radius 1 is 1.11 bits per heavy atom. The first-order chi connectivity index (χ1) is 16.7. The predicted molar refractivity (Wildman–Crippen MR) is 132 cm³/mol. The molecule has 1 amide bonds. The summed E-state index contributed by atoms with van der Waals surface area (Å²) < 4.78 is 47.0. The second-order valence-electron chi connectivity index (χ2n) is 8.04. The van der Waals surface area contributed by atoms with Gasteiger partial charge in [-0.2, -0.15) is 5.10 Å². The van der Waals surface area contributed by atoms with Gasteiger partial charge in [-0.25, -0.2) is 17.3 Å². The number of nitrogens with two attached hydrogens (primary N) is 1. The van der Waals surface area contributed by atoms with Gasteiger partial charge >= 0.3 is 0 Å². The van der Waals surface area contributed by atoms with Crippen molar-refractivity contribution in [2.75, 3.05) is 17.1 Å². The number of rotatable bonds is 9. The van der Waals surface area contributed by atoms with E-state index in [4.69, 9.17) is 10.5 Å². The highest BCUT2D eigenvalue weighted by atomic mass is 32.2. The van der Waals surface area contributed by atoms with E-state index in [-0.39, 0.29) is 42.4 Å². The van der Waals surface area contributed by atoms with Crippen LogP contribution in [0.1, 0.15) is 34.1 Å². The molecule has 2 aromatic heterocycles. The van der Waals surface area contributed by atoms with Crippen molar-refractivity contribution in [3.8, 4) is 5.75 Å². The lowest BCUT2D eigenvalue weighted by atomic mass is 10.1. The molecule has 0 fully saturated rings. The summed E-state index contributed by atoms with van der Waals surface area (Å²) in [6.45, 7) is 2.07. The summed E-state index contributed by atoms with van der Waals surface area (Å²) in [5.74, 6) is -0.789. The van der Waals surface area contributed by atoms with Crippen LogP contribution in [0.15, 0.2) is 66.9 Å². The summed E-state index contributed by atoms with van der Waals surface area (Å²) in [6, 6.07) is 16.9. The summed E-state index contributed by atoms with van der Waals surface area (Å²) >= 11 is 0. The Kier molecular flexibility index (Phi) is 6.74. The highest BCUT2D eigenvalue weighted by molar-refractivity contribution is 7.92. The summed E-state index contributed by atoms with van der Waals surface area (Å²) in [4.78, 5) is 12.4. The molecule has 0 aliphatic carbocycles. The Labute approximate surface area is 202 Å². The van der Waals surface area contributed by atoms with Crippen LogP contribution in [0.4, 0.5) is 10.1 Å². The zero-order valence-electron chi connectivity index (χ0n) is 19.3. The van der Waals surface area contributed by atoms with Crippen LogP contribution in [0.3, 0.4) is 0 Å². The van der Waals surface area contributed by atoms with Gasteiger partial charge in [-0.15, -0.1) is 0 Å². The molecule has 2 heterocycles. The number of primary amides is 1. The molecular weight excluding hydrogens is 471 g/mol. The number of pyridine rings is 1. The van der Waals surface area contributed by atoms with Crippen LogP contribution in [-0.4, -0.2) is 36.7 Å². The SMILES string of the molecule is CCN(c1cn2nc(Cc3ccc(F)cc3)c(C(N)=O)c2cc1OCc1ccccc1)S(C)(=O)=O. The van der Waals surface area contributed by atoms with Crippen LogP contribution in [0.5, 0.6) is 5.75 Å². The minimum atomic E-state index is -3.63. The Morgan fingerprint density at radius 2 is 1.80 bits per heavy atom. The van der Waals surface area contributed by atoms with Gasteiger partial charge in [0.05, 0.1) is 29.2 Å². The summed E-state index contributed by atoms with van der Waals surface area (Å²) in [5.41, 5.74) is 8.58. The van der Waals surface area contributed by atoms with E-state index < -0.39 is 15.9 Å². The number of benzene rings is 2. The third kappa shape index (κ3) is 5.27.